The molecule has 1 aromatic rings. The van der Waals surface area contributed by atoms with E-state index in [-0.39, 0.29) is 41.1 Å². The zero-order valence-corrected chi connectivity index (χ0v) is 11.2. The van der Waals surface area contributed by atoms with E-state index in [1.807, 2.05) is 0 Å². The first-order chi connectivity index (χ1) is 8.96. The van der Waals surface area contributed by atoms with E-state index in [9.17, 15) is 13.9 Å². The van der Waals surface area contributed by atoms with Gasteiger partial charge >= 0.3 is 6.61 Å². The summed E-state index contributed by atoms with van der Waals surface area (Å²) in [4.78, 5) is -1.44. The number of hydrogen-bond acceptors (Lipinski definition) is 5. The van der Waals surface area contributed by atoms with E-state index < -0.39 is 11.5 Å². The highest BCUT2D eigenvalue weighted by atomic mass is 35.5. The van der Waals surface area contributed by atoms with E-state index in [0.29, 0.717) is 0 Å². The summed E-state index contributed by atoms with van der Waals surface area (Å²) in [6.45, 7) is -2.90. The Balaban J connectivity index is 2.49. The number of aliphatic hydroxyl groups excluding tert-OH is 1. The molecule has 0 spiro atoms. The van der Waals surface area contributed by atoms with Crippen molar-refractivity contribution < 1.29 is 28.5 Å². The third-order valence-electron chi connectivity index (χ3n) is 2.65. The molecule has 0 radical (unpaired) electrons. The summed E-state index contributed by atoms with van der Waals surface area (Å²) in [6.07, 6.45) is 0.208. The van der Waals surface area contributed by atoms with Crippen molar-refractivity contribution in [1.82, 2.24) is 0 Å². The maximum Gasteiger partial charge on any atom is 0.387 e. The Morgan fingerprint density at radius 3 is 2.89 bits per heavy atom. The number of ether oxygens (including phenoxy) is 2. The molecule has 0 saturated heterocycles. The lowest BCUT2D eigenvalue weighted by atomic mass is 10.0. The maximum absolute atomic E-state index is 12.3. The van der Waals surface area contributed by atoms with Crippen molar-refractivity contribution >= 4 is 23.4 Å². The van der Waals surface area contributed by atoms with Crippen molar-refractivity contribution in [3.8, 4) is 11.5 Å². The molecular weight excluding hydrogens is 302 g/mol. The largest absolute Gasteiger partial charge is 0.489 e. The summed E-state index contributed by atoms with van der Waals surface area (Å²) in [6, 6.07) is 2.61. The third kappa shape index (κ3) is 3.05. The van der Waals surface area contributed by atoms with Crippen LogP contribution in [-0.4, -0.2) is 29.4 Å². The second-order valence-corrected chi connectivity index (χ2v) is 5.47. The van der Waals surface area contributed by atoms with Crippen LogP contribution in [0, 0.1) is 0 Å². The molecule has 1 atom stereocenters. The van der Waals surface area contributed by atoms with Gasteiger partial charge < -0.3 is 19.7 Å². The molecule has 106 valence electrons. The average molecular weight is 313 g/mol. The molecule has 1 heterocycles. The summed E-state index contributed by atoms with van der Waals surface area (Å²) < 4.78 is 34.3. The number of halogens is 3. The molecule has 0 amide bonds. The zero-order chi connectivity index (χ0) is 14.0. The number of aliphatic hydroxyl groups is 2. The lowest BCUT2D eigenvalue weighted by molar-refractivity contribution is -0.0526. The topological polar surface area (TPSA) is 58.9 Å². The number of thioether (sulfide) groups is 1. The normalized spacial score (nSPS) is 22.0. The van der Waals surface area contributed by atoms with Crippen LogP contribution < -0.4 is 9.47 Å². The van der Waals surface area contributed by atoms with Crippen molar-refractivity contribution in [2.45, 2.75) is 18.0 Å². The molecule has 0 bridgehead atoms. The van der Waals surface area contributed by atoms with E-state index in [0.717, 1.165) is 11.8 Å². The Morgan fingerprint density at radius 1 is 1.53 bits per heavy atom. The predicted octanol–water partition coefficient (Wildman–Crippen LogP) is 2.55. The van der Waals surface area contributed by atoms with Gasteiger partial charge in [-0.15, -0.1) is 0 Å². The second kappa shape index (κ2) is 5.70. The first kappa shape index (κ1) is 14.6. The highest BCUT2D eigenvalue weighted by Gasteiger charge is 2.38. The van der Waals surface area contributed by atoms with Gasteiger partial charge in [0.25, 0.3) is 0 Å². The quantitative estimate of drug-likeness (QED) is 0.837. The van der Waals surface area contributed by atoms with Crippen molar-refractivity contribution in [3.63, 3.8) is 0 Å². The molecule has 0 aromatic heterocycles. The predicted molar refractivity (Wildman–Crippen MR) is 66.8 cm³/mol. The number of rotatable bonds is 4. The maximum atomic E-state index is 12.3. The third-order valence-corrected chi connectivity index (χ3v) is 3.90. The second-order valence-electron chi connectivity index (χ2n) is 3.82. The highest BCUT2D eigenvalue weighted by molar-refractivity contribution is 7.99. The molecule has 1 aliphatic rings. The average Bonchev–Trinajstić information content (AvgIpc) is 2.30. The van der Waals surface area contributed by atoms with Gasteiger partial charge in [-0.25, -0.2) is 0 Å². The number of hydrogen-bond donors (Lipinski definition) is 2. The standard InChI is InChI=1S/C11H11ClF2O4S/c12-6-3-7-9(8(4-6)18-10(13)14)17-2-1-11(7,16)19-5-15/h3-4,10,15-16H,1-2,5H2/t11-/m1/s1. The minimum absolute atomic E-state index is 0.0272. The van der Waals surface area contributed by atoms with Gasteiger partial charge in [0.1, 0.15) is 4.93 Å². The van der Waals surface area contributed by atoms with Gasteiger partial charge in [-0.3, -0.25) is 0 Å². The smallest absolute Gasteiger partial charge is 0.387 e. The van der Waals surface area contributed by atoms with Gasteiger partial charge in [-0.2, -0.15) is 8.78 Å². The van der Waals surface area contributed by atoms with Crippen molar-refractivity contribution in [2.24, 2.45) is 0 Å². The fourth-order valence-electron chi connectivity index (χ4n) is 1.87. The highest BCUT2D eigenvalue weighted by Crippen LogP contribution is 2.49. The fraction of sp³-hybridized carbons (Fsp3) is 0.455. The Hall–Kier alpha value is -0.760. The summed E-state index contributed by atoms with van der Waals surface area (Å²) in [7, 11) is 0. The van der Waals surface area contributed by atoms with Gasteiger partial charge in [-0.05, 0) is 6.07 Å². The molecule has 4 nitrogen and oxygen atoms in total. The van der Waals surface area contributed by atoms with Crippen molar-refractivity contribution in [3.05, 3.63) is 22.7 Å². The molecule has 0 aliphatic carbocycles. The lowest BCUT2D eigenvalue weighted by Gasteiger charge is -2.34. The van der Waals surface area contributed by atoms with Gasteiger partial charge in [0.15, 0.2) is 11.5 Å². The van der Waals surface area contributed by atoms with Crippen LogP contribution in [0.2, 0.25) is 5.02 Å². The minimum Gasteiger partial charge on any atom is -0.489 e. The molecule has 8 heteroatoms. The Morgan fingerprint density at radius 2 is 2.26 bits per heavy atom. The Bertz CT molecular complexity index is 474. The summed E-state index contributed by atoms with van der Waals surface area (Å²) in [5, 5.41) is 19.5. The van der Waals surface area contributed by atoms with Gasteiger partial charge in [0.05, 0.1) is 12.5 Å². The summed E-state index contributed by atoms with van der Waals surface area (Å²) >= 11 is 6.69. The van der Waals surface area contributed by atoms with E-state index in [1.54, 1.807) is 0 Å². The molecule has 0 fully saturated rings. The van der Waals surface area contributed by atoms with Crippen LogP contribution in [0.1, 0.15) is 12.0 Å². The van der Waals surface area contributed by atoms with Gasteiger partial charge in [-0.1, -0.05) is 23.4 Å². The van der Waals surface area contributed by atoms with Gasteiger partial charge in [0.2, 0.25) is 0 Å². The Labute approximate surface area is 117 Å². The molecule has 1 aliphatic heterocycles. The fourth-order valence-corrected chi connectivity index (χ4v) is 2.83. The van der Waals surface area contributed by atoms with Crippen LogP contribution in [0.15, 0.2) is 12.1 Å². The van der Waals surface area contributed by atoms with E-state index >= 15 is 0 Å². The Kier molecular flexibility index (Phi) is 4.39. The molecule has 2 rings (SSSR count). The van der Waals surface area contributed by atoms with E-state index in [1.165, 1.54) is 12.1 Å². The molecule has 2 N–H and O–H groups in total. The van der Waals surface area contributed by atoms with E-state index in [4.69, 9.17) is 21.4 Å². The molecule has 1 aromatic carbocycles. The number of benzene rings is 1. The van der Waals surface area contributed by atoms with Crippen molar-refractivity contribution in [2.75, 3.05) is 12.5 Å². The molecule has 0 saturated carbocycles. The van der Waals surface area contributed by atoms with Crippen molar-refractivity contribution in [1.29, 1.82) is 0 Å². The summed E-state index contributed by atoms with van der Waals surface area (Å²) in [5.41, 5.74) is 0.223. The first-order valence-electron chi connectivity index (χ1n) is 5.35. The zero-order valence-electron chi connectivity index (χ0n) is 9.61. The van der Waals surface area contributed by atoms with Crippen LogP contribution in [-0.2, 0) is 4.93 Å². The van der Waals surface area contributed by atoms with Crippen LogP contribution in [0.4, 0.5) is 8.78 Å². The van der Waals surface area contributed by atoms with Crippen LogP contribution in [0.3, 0.4) is 0 Å². The first-order valence-corrected chi connectivity index (χ1v) is 6.71. The minimum atomic E-state index is -3.02. The SMILES string of the molecule is OCS[C@]1(O)CCOc2c(OC(F)F)cc(Cl)cc21. The monoisotopic (exact) mass is 312 g/mol. The van der Waals surface area contributed by atoms with Crippen LogP contribution >= 0.6 is 23.4 Å². The van der Waals surface area contributed by atoms with Crippen LogP contribution in [0.25, 0.3) is 0 Å². The number of alkyl halides is 2. The van der Waals surface area contributed by atoms with Crippen LogP contribution in [0.5, 0.6) is 11.5 Å². The molecule has 0 unspecified atom stereocenters. The van der Waals surface area contributed by atoms with Gasteiger partial charge in [0, 0.05) is 23.1 Å². The summed E-state index contributed by atoms with van der Waals surface area (Å²) in [5.74, 6) is -0.526. The lowest BCUT2D eigenvalue weighted by Crippen LogP contribution is -2.30. The molecular formula is C11H11ClF2O4S. The number of fused-ring (bicyclic) bond motifs is 1. The van der Waals surface area contributed by atoms with E-state index in [2.05, 4.69) is 4.74 Å². The molecule has 19 heavy (non-hydrogen) atoms.